The average molecular weight is 803 g/mol. The number of benzene rings is 1. The zero-order valence-electron chi connectivity index (χ0n) is 29.0. The molecule has 1 aromatic carbocycles. The van der Waals surface area contributed by atoms with Gasteiger partial charge in [0.15, 0.2) is 28.1 Å². The third-order valence-electron chi connectivity index (χ3n) is 9.93. The van der Waals surface area contributed by atoms with Crippen LogP contribution < -0.4 is 11.2 Å². The summed E-state index contributed by atoms with van der Waals surface area (Å²) in [6.07, 6.45) is -1.69. The molecule has 2 fully saturated rings. The number of nitrogens with zero attached hydrogens (tertiary/aromatic N) is 5. The van der Waals surface area contributed by atoms with E-state index in [1.807, 2.05) is 6.92 Å². The number of thioether (sulfide) groups is 1. The first-order valence-electron chi connectivity index (χ1n) is 16.9. The number of oxime groups is 1. The molecule has 2 saturated heterocycles. The Morgan fingerprint density at radius 2 is 1.71 bits per heavy atom. The highest BCUT2D eigenvalue weighted by molar-refractivity contribution is 8.00. The molecule has 1 aromatic heterocycles. The lowest BCUT2D eigenvalue weighted by molar-refractivity contribution is -0.911. The normalized spacial score (nSPS) is 22.3. The number of fused-ring (bicyclic) bond motifs is 2. The molecular weight excluding hydrogens is 767 g/mol. The minimum absolute atomic E-state index is 0.0437. The lowest BCUT2D eigenvalue weighted by Gasteiger charge is -2.51. The van der Waals surface area contributed by atoms with Crippen LogP contribution in [0.4, 0.5) is 5.13 Å². The van der Waals surface area contributed by atoms with Crippen molar-refractivity contribution in [2.45, 2.75) is 49.3 Å². The largest absolute Gasteiger partial charge is 0.504 e. The SMILES string of the molecule is C[C@@H]1S[C@@H]2[C@H](CC(=O)/C(=N\O[C@@H](CC(=O)O)C(=O)O)c3csc(N)n3)C(=O)N2C(C(=O)O)=C1C[N+]1(CCNN2C(=O)c3cc(O)c(O)cc3C2=O)CCCC1. The summed E-state index contributed by atoms with van der Waals surface area (Å²) in [5.41, 5.74) is 8.19. The molecule has 0 unspecified atom stereocenters. The fourth-order valence-electron chi connectivity index (χ4n) is 7.20. The number of aliphatic carboxylic acids is 3. The number of nitrogen functional groups attached to an aromatic ring is 1. The number of imide groups is 1. The molecule has 55 heavy (non-hydrogen) atoms. The fourth-order valence-corrected chi connectivity index (χ4v) is 9.25. The first kappa shape index (κ1) is 39.1. The summed E-state index contributed by atoms with van der Waals surface area (Å²) in [6.45, 7) is 3.90. The number of aromatic nitrogens is 1. The van der Waals surface area contributed by atoms with Crippen molar-refractivity contribution in [3.63, 3.8) is 0 Å². The summed E-state index contributed by atoms with van der Waals surface area (Å²) in [6, 6.07) is 2.04. The molecule has 0 spiro atoms. The molecule has 5 heterocycles. The third kappa shape index (κ3) is 7.57. The maximum Gasteiger partial charge on any atom is 0.352 e. The van der Waals surface area contributed by atoms with Crippen molar-refractivity contribution in [1.82, 2.24) is 20.3 Å². The Bertz CT molecular complexity index is 2020. The van der Waals surface area contributed by atoms with E-state index in [9.17, 15) is 54.0 Å². The summed E-state index contributed by atoms with van der Waals surface area (Å²) < 4.78 is 0.402. The van der Waals surface area contributed by atoms with E-state index in [-0.39, 0.29) is 40.7 Å². The maximum absolute atomic E-state index is 13.7. The zero-order valence-corrected chi connectivity index (χ0v) is 30.7. The van der Waals surface area contributed by atoms with Gasteiger partial charge >= 0.3 is 17.9 Å². The van der Waals surface area contributed by atoms with Crippen molar-refractivity contribution in [3.8, 4) is 11.5 Å². The Hall–Kier alpha value is -5.58. The molecule has 0 saturated carbocycles. The van der Waals surface area contributed by atoms with Crippen LogP contribution in [-0.2, 0) is 28.8 Å². The predicted octanol–water partition coefficient (Wildman–Crippen LogP) is 0.414. The molecule has 4 aliphatic heterocycles. The molecule has 0 aliphatic carbocycles. The van der Waals surface area contributed by atoms with Crippen LogP contribution in [0.3, 0.4) is 0 Å². The van der Waals surface area contributed by atoms with Crippen LogP contribution in [0.1, 0.15) is 59.0 Å². The standard InChI is InChI=1S/C33H35N7O13S2/c1-14-18(12-40(5-2-3-6-40)7-4-35-39-28(47)15-8-20(41)21(42)9-16(15)29(39)48)26(32(51)52)38-27(46)17(30(38)55-14)10-22(43)25(19-13-54-33(34)36-19)37-53-23(31(49)50)11-24(44)45/h8-9,13-14,17,23,30,35H,2-7,10-12H2,1H3,(H6-,34,36,37,41,42,43,44,45,47,48,49,50,51,52)/p+1/t14-,17+,23-,30+/m0/s1. The van der Waals surface area contributed by atoms with Gasteiger partial charge < -0.3 is 40.6 Å². The van der Waals surface area contributed by atoms with E-state index in [0.717, 1.165) is 46.2 Å². The number of likely N-dealkylation sites (tertiary alicyclic amines) is 1. The molecule has 6 rings (SSSR count). The Morgan fingerprint density at radius 1 is 1.07 bits per heavy atom. The van der Waals surface area contributed by atoms with Crippen molar-refractivity contribution < 1.29 is 68.4 Å². The smallest absolute Gasteiger partial charge is 0.352 e. The number of quaternary nitrogens is 1. The molecule has 3 amide bonds. The van der Waals surface area contributed by atoms with Crippen LogP contribution in [0.15, 0.2) is 33.9 Å². The van der Waals surface area contributed by atoms with Crippen molar-refractivity contribution >= 4 is 75.4 Å². The fraction of sp³-hybridized carbons (Fsp3) is 0.424. The molecule has 4 atom stereocenters. The van der Waals surface area contributed by atoms with E-state index in [0.29, 0.717) is 29.7 Å². The Balaban J connectivity index is 1.17. The van der Waals surface area contributed by atoms with Gasteiger partial charge in [-0.2, -0.15) is 0 Å². The van der Waals surface area contributed by atoms with E-state index < -0.39 is 94.1 Å². The van der Waals surface area contributed by atoms with Crippen LogP contribution in [0, 0.1) is 5.92 Å². The first-order valence-corrected chi connectivity index (χ1v) is 18.8. The Kier molecular flexibility index (Phi) is 10.9. The number of aromatic hydroxyl groups is 2. The second-order valence-electron chi connectivity index (χ2n) is 13.4. The van der Waals surface area contributed by atoms with Gasteiger partial charge in [0.05, 0.1) is 55.0 Å². The van der Waals surface area contributed by atoms with Gasteiger partial charge in [-0.3, -0.25) is 28.9 Å². The summed E-state index contributed by atoms with van der Waals surface area (Å²) in [5, 5.41) is 53.2. The number of ketones is 1. The highest BCUT2D eigenvalue weighted by Crippen LogP contribution is 2.49. The molecule has 4 aliphatic rings. The van der Waals surface area contributed by atoms with E-state index in [2.05, 4.69) is 15.6 Å². The first-order chi connectivity index (χ1) is 26.0. The van der Waals surface area contributed by atoms with Gasteiger partial charge in [-0.05, 0) is 19.1 Å². The van der Waals surface area contributed by atoms with Gasteiger partial charge in [-0.25, -0.2) is 25.0 Å². The molecule has 292 valence electrons. The monoisotopic (exact) mass is 802 g/mol. The second-order valence-corrected chi connectivity index (χ2v) is 15.8. The summed E-state index contributed by atoms with van der Waals surface area (Å²) in [4.78, 5) is 98.7. The second kappa shape index (κ2) is 15.3. The number of rotatable bonds is 16. The van der Waals surface area contributed by atoms with E-state index in [1.54, 1.807) is 0 Å². The van der Waals surface area contributed by atoms with Gasteiger partial charge in [0.1, 0.15) is 17.9 Å². The zero-order chi connectivity index (χ0) is 39.9. The lowest BCUT2D eigenvalue weighted by atomic mass is 9.88. The van der Waals surface area contributed by atoms with Crippen molar-refractivity contribution in [3.05, 3.63) is 45.6 Å². The van der Waals surface area contributed by atoms with Gasteiger partial charge in [0.2, 0.25) is 12.0 Å². The molecule has 2 aromatic rings. The average Bonchev–Trinajstić information content (AvgIpc) is 3.83. The minimum Gasteiger partial charge on any atom is -0.504 e. The number of nitrogens with two attached hydrogens (primary N) is 1. The Morgan fingerprint density at radius 3 is 2.25 bits per heavy atom. The molecule has 0 bridgehead atoms. The lowest BCUT2D eigenvalue weighted by Crippen LogP contribution is -2.63. The number of amides is 3. The van der Waals surface area contributed by atoms with Gasteiger partial charge in [-0.15, -0.1) is 23.1 Å². The number of carboxylic acids is 3. The summed E-state index contributed by atoms with van der Waals surface area (Å²) in [5.74, 6) is -9.34. The number of Topliss-reactive ketones (excluding diaryl/α,β-unsaturated/α-hetero) is 1. The topological polar surface area (TPSA) is 300 Å². The minimum atomic E-state index is -1.93. The van der Waals surface area contributed by atoms with E-state index in [1.165, 1.54) is 17.1 Å². The Labute approximate surface area is 319 Å². The van der Waals surface area contributed by atoms with Crippen LogP contribution >= 0.6 is 23.1 Å². The van der Waals surface area contributed by atoms with Gasteiger partial charge in [0.25, 0.3) is 11.8 Å². The predicted molar refractivity (Wildman–Crippen MR) is 191 cm³/mol. The van der Waals surface area contributed by atoms with Gasteiger partial charge in [0, 0.05) is 35.5 Å². The van der Waals surface area contributed by atoms with E-state index in [4.69, 9.17) is 15.7 Å². The molecule has 20 nitrogen and oxygen atoms in total. The molecular formula is C33H36N7O13S2+. The number of hydrogen-bond acceptors (Lipinski definition) is 16. The van der Waals surface area contributed by atoms with E-state index >= 15 is 0 Å². The number of phenols is 2. The quantitative estimate of drug-likeness (QED) is 0.0302. The van der Waals surface area contributed by atoms with Crippen molar-refractivity contribution in [2.24, 2.45) is 11.1 Å². The van der Waals surface area contributed by atoms with Crippen LogP contribution in [0.2, 0.25) is 0 Å². The number of hydrazine groups is 1. The number of phenolic OH excluding ortho intramolecular Hbond substituents is 2. The third-order valence-corrected chi connectivity index (χ3v) is 12.1. The van der Waals surface area contributed by atoms with Gasteiger partial charge in [-0.1, -0.05) is 5.16 Å². The number of β-lactam (4-membered cyclic amide) rings is 1. The van der Waals surface area contributed by atoms with Crippen LogP contribution in [-0.4, -0.2) is 141 Å². The molecule has 22 heteroatoms. The summed E-state index contributed by atoms with van der Waals surface area (Å²) in [7, 11) is 0. The van der Waals surface area contributed by atoms with Crippen molar-refractivity contribution in [1.29, 1.82) is 0 Å². The number of carboxylic acid groups (broad SMARTS) is 3. The molecule has 0 radical (unpaired) electrons. The number of carbonyl (C=O) groups excluding carboxylic acids is 4. The number of carbonyl (C=O) groups is 7. The van der Waals surface area contributed by atoms with Crippen LogP contribution in [0.25, 0.3) is 0 Å². The van der Waals surface area contributed by atoms with Crippen molar-refractivity contribution in [2.75, 3.05) is 38.5 Å². The number of hydrogen-bond donors (Lipinski definition) is 7. The highest BCUT2D eigenvalue weighted by Gasteiger charge is 2.56. The number of thiazole rings is 1. The summed E-state index contributed by atoms with van der Waals surface area (Å²) >= 11 is 2.25. The highest BCUT2D eigenvalue weighted by atomic mass is 32.2. The number of nitrogens with one attached hydrogen (secondary N) is 1. The number of anilines is 1. The van der Waals surface area contributed by atoms with Crippen LogP contribution in [0.5, 0.6) is 11.5 Å². The maximum atomic E-state index is 13.7. The molecule has 8 N–H and O–H groups in total.